The summed E-state index contributed by atoms with van der Waals surface area (Å²) in [6.45, 7) is 2.24. The van der Waals surface area contributed by atoms with E-state index < -0.39 is 0 Å². The highest BCUT2D eigenvalue weighted by atomic mass is 35.5. The summed E-state index contributed by atoms with van der Waals surface area (Å²) >= 11 is 0. The molecule has 0 radical (unpaired) electrons. The largest absolute Gasteiger partial charge is 0.294 e. The molecule has 0 aromatic carbocycles. The Morgan fingerprint density at radius 2 is 1.76 bits per heavy atom. The average Bonchev–Trinajstić information content (AvgIpc) is 2.59. The first kappa shape index (κ1) is 16.4. The molecule has 1 rings (SSSR count). The third kappa shape index (κ3) is 6.01. The lowest BCUT2D eigenvalue weighted by Gasteiger charge is -2.03. The Bertz CT molecular complexity index is 256. The van der Waals surface area contributed by atoms with Gasteiger partial charge in [0.15, 0.2) is 12.3 Å². The Morgan fingerprint density at radius 3 is 2.29 bits per heavy atom. The molecule has 5 heteroatoms. The standard InChI is InChI=1S/C12H24N3O.ClH/c1-3-4-5-6-7-8-9-10-11-12(13)16-14-15(11)2;/h11,13H,3-10H2,1-2H3;1H/q+1;. The molecule has 4 nitrogen and oxygen atoms in total. The van der Waals surface area contributed by atoms with E-state index in [0.717, 1.165) is 6.42 Å². The number of hydrogen-bond acceptors (Lipinski definition) is 3. The molecule has 0 spiro atoms. The molecule has 1 aliphatic rings. The summed E-state index contributed by atoms with van der Waals surface area (Å²) in [5.41, 5.74) is 0. The second kappa shape index (κ2) is 9.40. The minimum absolute atomic E-state index is 0. The van der Waals surface area contributed by atoms with Crippen molar-refractivity contribution in [2.75, 3.05) is 7.05 Å². The van der Waals surface area contributed by atoms with E-state index in [0.29, 0.717) is 5.90 Å². The predicted molar refractivity (Wildman–Crippen MR) is 71.1 cm³/mol. The van der Waals surface area contributed by atoms with Gasteiger partial charge in [-0.05, 0) is 6.42 Å². The van der Waals surface area contributed by atoms with E-state index in [4.69, 9.17) is 10.2 Å². The van der Waals surface area contributed by atoms with Crippen LogP contribution in [0.4, 0.5) is 0 Å². The maximum absolute atomic E-state index is 7.55. The number of nitrogens with one attached hydrogen (secondary N) is 1. The SMILES string of the molecule is CCCCCCCCCC1C(=N)ON=[N+]1C.Cl. The van der Waals surface area contributed by atoms with Crippen molar-refractivity contribution in [1.82, 2.24) is 0 Å². The van der Waals surface area contributed by atoms with Crippen molar-refractivity contribution >= 4 is 18.3 Å². The quantitative estimate of drug-likeness (QED) is 0.523. The number of hydrogen-bond donors (Lipinski definition) is 1. The molecular weight excluding hydrogens is 238 g/mol. The molecule has 0 aliphatic carbocycles. The lowest BCUT2D eigenvalue weighted by Crippen LogP contribution is -2.24. The number of likely N-dealkylation sites (N-methyl/N-ethyl adjacent to an activating group) is 1. The van der Waals surface area contributed by atoms with E-state index in [1.807, 2.05) is 7.05 Å². The first-order valence-electron chi connectivity index (χ1n) is 6.45. The van der Waals surface area contributed by atoms with Crippen LogP contribution in [0.3, 0.4) is 0 Å². The Hall–Kier alpha value is -0.640. The second-order valence-electron chi connectivity index (χ2n) is 4.54. The molecule has 1 N–H and O–H groups in total. The number of rotatable bonds is 8. The molecule has 0 aromatic rings. The van der Waals surface area contributed by atoms with Crippen LogP contribution in [0.15, 0.2) is 5.28 Å². The van der Waals surface area contributed by atoms with E-state index >= 15 is 0 Å². The van der Waals surface area contributed by atoms with Crippen LogP contribution in [0.25, 0.3) is 0 Å². The van der Waals surface area contributed by atoms with Crippen LogP contribution >= 0.6 is 12.4 Å². The van der Waals surface area contributed by atoms with Crippen LogP contribution in [-0.2, 0) is 4.84 Å². The van der Waals surface area contributed by atoms with Crippen LogP contribution < -0.4 is 0 Å². The maximum Gasteiger partial charge on any atom is 0.294 e. The van der Waals surface area contributed by atoms with Gasteiger partial charge in [-0.25, -0.2) is 0 Å². The molecular formula is C12H25ClN3O+. The van der Waals surface area contributed by atoms with Gasteiger partial charge in [-0.1, -0.05) is 50.1 Å². The summed E-state index contributed by atoms with van der Waals surface area (Å²) < 4.78 is 1.75. The lowest BCUT2D eigenvalue weighted by atomic mass is 10.1. The minimum Gasteiger partial charge on any atom is -0.285 e. The highest BCUT2D eigenvalue weighted by Gasteiger charge is 2.33. The van der Waals surface area contributed by atoms with Crippen LogP contribution in [-0.4, -0.2) is 23.7 Å². The Kier molecular flexibility index (Phi) is 9.04. The molecule has 1 heterocycles. The molecule has 100 valence electrons. The summed E-state index contributed by atoms with van der Waals surface area (Å²) in [5.74, 6) is 0.300. The highest BCUT2D eigenvalue weighted by Crippen LogP contribution is 2.14. The smallest absolute Gasteiger partial charge is 0.285 e. The molecule has 1 unspecified atom stereocenters. The zero-order valence-corrected chi connectivity index (χ0v) is 11.8. The van der Waals surface area contributed by atoms with Gasteiger partial charge in [0.1, 0.15) is 0 Å². The molecule has 17 heavy (non-hydrogen) atoms. The van der Waals surface area contributed by atoms with E-state index in [-0.39, 0.29) is 18.4 Å². The monoisotopic (exact) mass is 262 g/mol. The average molecular weight is 263 g/mol. The molecule has 0 aromatic heterocycles. The lowest BCUT2D eigenvalue weighted by molar-refractivity contribution is -0.589. The number of nitrogens with zero attached hydrogens (tertiary/aromatic N) is 2. The predicted octanol–water partition coefficient (Wildman–Crippen LogP) is 3.93. The van der Waals surface area contributed by atoms with Crippen molar-refractivity contribution in [3.63, 3.8) is 0 Å². The van der Waals surface area contributed by atoms with Gasteiger partial charge in [0, 0.05) is 6.42 Å². The zero-order chi connectivity index (χ0) is 11.8. The fraction of sp³-hybridized carbons (Fsp3) is 0.917. The zero-order valence-electron chi connectivity index (χ0n) is 10.9. The normalized spacial score (nSPS) is 18.6. The minimum atomic E-state index is 0. The number of unbranched alkanes of at least 4 members (excludes halogenated alkanes) is 6. The van der Waals surface area contributed by atoms with E-state index in [2.05, 4.69) is 12.2 Å². The molecule has 0 saturated carbocycles. The Morgan fingerprint density at radius 1 is 1.18 bits per heavy atom. The topological polar surface area (TPSA) is 48.4 Å². The van der Waals surface area contributed by atoms with Gasteiger partial charge >= 0.3 is 0 Å². The first-order chi connectivity index (χ1) is 7.75. The van der Waals surface area contributed by atoms with Gasteiger partial charge in [0.2, 0.25) is 0 Å². The van der Waals surface area contributed by atoms with Crippen molar-refractivity contribution in [3.8, 4) is 0 Å². The third-order valence-electron chi connectivity index (χ3n) is 3.10. The van der Waals surface area contributed by atoms with Crippen LogP contribution in [0.2, 0.25) is 0 Å². The first-order valence-corrected chi connectivity index (χ1v) is 6.45. The van der Waals surface area contributed by atoms with Crippen molar-refractivity contribution < 1.29 is 9.53 Å². The van der Waals surface area contributed by atoms with Crippen LogP contribution in [0, 0.1) is 5.41 Å². The summed E-state index contributed by atoms with van der Waals surface area (Å²) in [7, 11) is 1.87. The van der Waals surface area contributed by atoms with E-state index in [1.165, 1.54) is 44.9 Å². The van der Waals surface area contributed by atoms with Crippen LogP contribution in [0.5, 0.6) is 0 Å². The van der Waals surface area contributed by atoms with Crippen molar-refractivity contribution in [2.24, 2.45) is 5.28 Å². The molecule has 1 aliphatic heterocycles. The maximum atomic E-state index is 7.55. The molecule has 0 saturated heterocycles. The van der Waals surface area contributed by atoms with E-state index in [1.54, 1.807) is 4.70 Å². The molecule has 0 fully saturated rings. The van der Waals surface area contributed by atoms with E-state index in [9.17, 15) is 0 Å². The molecule has 1 atom stereocenters. The summed E-state index contributed by atoms with van der Waals surface area (Å²) in [5, 5.41) is 11.3. The van der Waals surface area contributed by atoms with Crippen molar-refractivity contribution in [2.45, 2.75) is 64.3 Å². The second-order valence-corrected chi connectivity index (χ2v) is 4.54. The summed E-state index contributed by atoms with van der Waals surface area (Å²) in [6, 6.07) is 0.0793. The van der Waals surface area contributed by atoms with Gasteiger partial charge in [0.25, 0.3) is 11.9 Å². The van der Waals surface area contributed by atoms with Gasteiger partial charge in [0.05, 0.1) is 0 Å². The Labute approximate surface area is 110 Å². The Balaban J connectivity index is 0.00000256. The van der Waals surface area contributed by atoms with Gasteiger partial charge in [-0.2, -0.15) is 0 Å². The van der Waals surface area contributed by atoms with Crippen molar-refractivity contribution in [1.29, 1.82) is 5.41 Å². The van der Waals surface area contributed by atoms with Gasteiger partial charge in [-0.15, -0.1) is 12.4 Å². The van der Waals surface area contributed by atoms with Crippen molar-refractivity contribution in [3.05, 3.63) is 0 Å². The van der Waals surface area contributed by atoms with Crippen LogP contribution in [0.1, 0.15) is 58.3 Å². The van der Waals surface area contributed by atoms with Gasteiger partial charge in [-0.3, -0.25) is 10.2 Å². The fourth-order valence-corrected chi connectivity index (χ4v) is 2.01. The number of halogens is 1. The molecule has 0 amide bonds. The fourth-order valence-electron chi connectivity index (χ4n) is 2.01. The highest BCUT2D eigenvalue weighted by molar-refractivity contribution is 5.85. The van der Waals surface area contributed by atoms with Gasteiger partial charge < -0.3 is 0 Å². The summed E-state index contributed by atoms with van der Waals surface area (Å²) in [6.07, 6.45) is 10.1. The summed E-state index contributed by atoms with van der Waals surface area (Å²) in [4.78, 5) is 4.82. The molecule has 0 bridgehead atoms. The third-order valence-corrected chi connectivity index (χ3v) is 3.10.